The second kappa shape index (κ2) is 15.1. The number of aliphatic hydroxyl groups is 1. The maximum atomic E-state index is 15.3. The Kier molecular flexibility index (Phi) is 11.0. The fourth-order valence-corrected chi connectivity index (χ4v) is 14.4. The molecule has 7 nitrogen and oxygen atoms in total. The Balaban J connectivity index is 1.000. The first-order chi connectivity index (χ1) is 26.1. The number of hydrogen-bond donors (Lipinski definition) is 3. The van der Waals surface area contributed by atoms with Gasteiger partial charge in [0.15, 0.2) is 0 Å². The van der Waals surface area contributed by atoms with Crippen LogP contribution in [0.1, 0.15) is 118 Å². The van der Waals surface area contributed by atoms with E-state index in [1.54, 1.807) is 6.08 Å². The van der Waals surface area contributed by atoms with Crippen LogP contribution in [0, 0.1) is 69.0 Å². The van der Waals surface area contributed by atoms with E-state index < -0.39 is 11.3 Å². The highest BCUT2D eigenvalue weighted by Crippen LogP contribution is 2.73. The Bertz CT molecular complexity index is 1690. The molecule has 12 unspecified atom stereocenters. The van der Waals surface area contributed by atoms with Crippen molar-refractivity contribution in [3.8, 4) is 0 Å². The van der Waals surface area contributed by atoms with Gasteiger partial charge < -0.3 is 20.5 Å². The highest BCUT2D eigenvalue weighted by molar-refractivity contribution is 5.94. The van der Waals surface area contributed by atoms with Gasteiger partial charge in [-0.15, -0.1) is 0 Å². The number of aliphatic hydroxyl groups excluding tert-OH is 1. The fourth-order valence-electron chi connectivity index (χ4n) is 14.4. The molecule has 0 saturated heterocycles. The normalized spacial score (nSPS) is 41.5. The van der Waals surface area contributed by atoms with Crippen molar-refractivity contribution in [1.82, 2.24) is 10.6 Å². The lowest BCUT2D eigenvalue weighted by atomic mass is 9.36. The molecule has 7 rings (SSSR count). The first-order valence-corrected chi connectivity index (χ1v) is 21.5. The van der Waals surface area contributed by atoms with Gasteiger partial charge in [0.1, 0.15) is 5.83 Å². The van der Waals surface area contributed by atoms with E-state index >= 15 is 4.39 Å². The van der Waals surface area contributed by atoms with Gasteiger partial charge in [-0.05, 0) is 148 Å². The lowest BCUT2D eigenvalue weighted by Gasteiger charge is -2.69. The highest BCUT2D eigenvalue weighted by atomic mass is 19.1. The molecule has 2 amide bonds. The number of carbonyl (C=O) groups excluding carboxylic acids is 3. The van der Waals surface area contributed by atoms with Crippen molar-refractivity contribution in [3.63, 3.8) is 0 Å². The van der Waals surface area contributed by atoms with Crippen molar-refractivity contribution in [2.45, 2.75) is 124 Å². The van der Waals surface area contributed by atoms with Crippen LogP contribution in [-0.4, -0.2) is 49.2 Å². The molecule has 55 heavy (non-hydrogen) atoms. The summed E-state index contributed by atoms with van der Waals surface area (Å²) in [6.45, 7) is 17.0. The van der Waals surface area contributed by atoms with Crippen molar-refractivity contribution in [2.75, 3.05) is 20.2 Å². The van der Waals surface area contributed by atoms with Crippen LogP contribution < -0.4 is 10.6 Å². The van der Waals surface area contributed by atoms with Crippen LogP contribution in [0.4, 0.5) is 4.39 Å². The van der Waals surface area contributed by atoms with Crippen LogP contribution in [0.15, 0.2) is 59.5 Å². The van der Waals surface area contributed by atoms with Gasteiger partial charge in [-0.25, -0.2) is 4.39 Å². The quantitative estimate of drug-likeness (QED) is 0.161. The summed E-state index contributed by atoms with van der Waals surface area (Å²) in [4.78, 5) is 39.8. The Morgan fingerprint density at radius 2 is 1.65 bits per heavy atom. The molecule has 302 valence electrons. The molecule has 0 heterocycles. The number of amides is 2. The minimum atomic E-state index is -0.588. The van der Waals surface area contributed by atoms with Gasteiger partial charge in [0, 0.05) is 24.6 Å². The number of rotatable bonds is 9. The number of esters is 1. The van der Waals surface area contributed by atoms with E-state index in [-0.39, 0.29) is 70.8 Å². The number of nitrogens with one attached hydrogen (secondary N) is 2. The zero-order valence-corrected chi connectivity index (χ0v) is 34.4. The molecule has 7 aliphatic carbocycles. The third kappa shape index (κ3) is 6.82. The Hall–Kier alpha value is -3.00. The number of ether oxygens (including phenoxy) is 1. The van der Waals surface area contributed by atoms with Crippen LogP contribution in [0.3, 0.4) is 0 Å². The second-order valence-electron chi connectivity index (χ2n) is 20.0. The molecule has 0 aromatic carbocycles. The van der Waals surface area contributed by atoms with Gasteiger partial charge in [-0.2, -0.15) is 0 Å². The summed E-state index contributed by atoms with van der Waals surface area (Å²) < 4.78 is 20.2. The molecule has 0 aromatic heterocycles. The topological polar surface area (TPSA) is 105 Å². The average molecular weight is 759 g/mol. The zero-order valence-electron chi connectivity index (χ0n) is 34.4. The van der Waals surface area contributed by atoms with E-state index in [9.17, 15) is 19.5 Å². The standard InChI is InChI=1S/C47H67FN2O5/c1-28(2)33-15-22-47(23-16-35-34(40(33)47)12-14-38-45(35,5)20-17-37-44(3,4)39(51)18-21-46(37,38)6)43(54)50-27-32-26-30(11-13-36(32)48)41(52)49-24-19-29-9-8-10-31(25-29)42(53)55-7/h8-11,13,31-35,37-40,51H,1,12,14-27H2,2-7H3,(H,49,52)(H,50,54). The number of carbonyl (C=O) groups is 3. The first-order valence-electron chi connectivity index (χ1n) is 21.5. The third-order valence-corrected chi connectivity index (χ3v) is 17.1. The molecule has 8 heteroatoms. The van der Waals surface area contributed by atoms with Gasteiger partial charge in [0.05, 0.1) is 24.5 Å². The molecule has 5 fully saturated rings. The summed E-state index contributed by atoms with van der Waals surface area (Å²) in [6, 6.07) is 0. The predicted octanol–water partition coefficient (Wildman–Crippen LogP) is 8.71. The van der Waals surface area contributed by atoms with Gasteiger partial charge in [-0.1, -0.05) is 69.7 Å². The monoisotopic (exact) mass is 759 g/mol. The predicted molar refractivity (Wildman–Crippen MR) is 214 cm³/mol. The van der Waals surface area contributed by atoms with Crippen molar-refractivity contribution in [2.24, 2.45) is 69.0 Å². The summed E-state index contributed by atoms with van der Waals surface area (Å²) in [7, 11) is 1.39. The van der Waals surface area contributed by atoms with E-state index in [4.69, 9.17) is 4.74 Å². The van der Waals surface area contributed by atoms with Crippen LogP contribution in [0.2, 0.25) is 0 Å². The molecule has 0 aromatic rings. The number of halogens is 1. The summed E-state index contributed by atoms with van der Waals surface area (Å²) >= 11 is 0. The van der Waals surface area contributed by atoms with Crippen molar-refractivity contribution in [1.29, 1.82) is 0 Å². The van der Waals surface area contributed by atoms with Crippen LogP contribution in [0.25, 0.3) is 0 Å². The number of methoxy groups -OCH3 is 1. The number of fused-ring (bicyclic) bond motifs is 7. The third-order valence-electron chi connectivity index (χ3n) is 17.1. The number of hydrogen-bond acceptors (Lipinski definition) is 5. The molecule has 12 atom stereocenters. The molecule has 5 saturated carbocycles. The van der Waals surface area contributed by atoms with Crippen molar-refractivity contribution >= 4 is 17.8 Å². The lowest BCUT2D eigenvalue weighted by molar-refractivity contribution is -0.216. The fraction of sp³-hybridized carbons (Fsp3) is 0.723. The molecule has 0 aliphatic heterocycles. The van der Waals surface area contributed by atoms with E-state index in [0.717, 1.165) is 50.5 Å². The summed E-state index contributed by atoms with van der Waals surface area (Å²) in [6.07, 6.45) is 20.2. The second-order valence-corrected chi connectivity index (χ2v) is 20.0. The molecule has 7 aliphatic rings. The van der Waals surface area contributed by atoms with Gasteiger partial charge in [0.2, 0.25) is 11.8 Å². The molecule has 0 spiro atoms. The average Bonchev–Trinajstić information content (AvgIpc) is 3.57. The smallest absolute Gasteiger partial charge is 0.312 e. The van der Waals surface area contributed by atoms with Crippen molar-refractivity contribution < 1.29 is 28.6 Å². The zero-order chi connectivity index (χ0) is 39.5. The van der Waals surface area contributed by atoms with E-state index in [0.29, 0.717) is 54.5 Å². The summed E-state index contributed by atoms with van der Waals surface area (Å²) in [5.41, 5.74) is 2.64. The Morgan fingerprint density at radius 1 is 0.909 bits per heavy atom. The minimum absolute atomic E-state index is 0.0686. The van der Waals surface area contributed by atoms with Crippen LogP contribution in [0.5, 0.6) is 0 Å². The maximum absolute atomic E-state index is 15.3. The highest BCUT2D eigenvalue weighted by Gasteiger charge is 2.68. The van der Waals surface area contributed by atoms with Gasteiger partial charge >= 0.3 is 5.97 Å². The molecular formula is C47H67FN2O5. The Labute approximate surface area is 329 Å². The number of allylic oxidation sites excluding steroid dienone is 5. The first kappa shape index (κ1) is 40.2. The maximum Gasteiger partial charge on any atom is 0.312 e. The minimum Gasteiger partial charge on any atom is -0.469 e. The van der Waals surface area contributed by atoms with E-state index in [2.05, 4.69) is 51.8 Å². The van der Waals surface area contributed by atoms with Crippen molar-refractivity contribution in [3.05, 3.63) is 59.5 Å². The van der Waals surface area contributed by atoms with Crippen LogP contribution >= 0.6 is 0 Å². The van der Waals surface area contributed by atoms with Crippen LogP contribution in [-0.2, 0) is 19.1 Å². The van der Waals surface area contributed by atoms with Gasteiger partial charge in [0.25, 0.3) is 0 Å². The SMILES string of the molecule is C=C(C)C1CCC2(C(=O)NCC3CC(C(=O)NCCC4=CC=CC(C(=O)OC)C4)=CC=C3F)CCC3C(CCC4C3(C)CCC3C(C)(C)C(O)CCC34C)C12. The summed E-state index contributed by atoms with van der Waals surface area (Å²) in [5.74, 6) is 1.10. The molecular weight excluding hydrogens is 692 g/mol. The molecule has 0 bridgehead atoms. The molecule has 0 radical (unpaired) electrons. The van der Waals surface area contributed by atoms with E-state index in [1.165, 1.54) is 38.0 Å². The Morgan fingerprint density at radius 3 is 2.40 bits per heavy atom. The lowest BCUT2D eigenvalue weighted by Crippen LogP contribution is -2.64. The summed E-state index contributed by atoms with van der Waals surface area (Å²) in [5, 5.41) is 17.3. The molecule has 3 N–H and O–H groups in total. The largest absolute Gasteiger partial charge is 0.469 e. The van der Waals surface area contributed by atoms with Gasteiger partial charge in [-0.3, -0.25) is 14.4 Å². The van der Waals surface area contributed by atoms with E-state index in [1.807, 2.05) is 18.2 Å².